The molecular formula is C7H13NO6. The smallest absolute Gasteiger partial charge is 0.164 e. The Hall–Kier alpha value is -0.280. The number of aliphatic hydroxyl groups excluding tert-OH is 3. The molecule has 0 radical (unpaired) electrons. The molecule has 2 aliphatic heterocycles. The number of rotatable bonds is 0. The van der Waals surface area contributed by atoms with Crippen LogP contribution in [0.15, 0.2) is 0 Å². The second-order valence-corrected chi connectivity index (χ2v) is 3.44. The predicted molar refractivity (Wildman–Crippen MR) is 41.5 cm³/mol. The highest BCUT2D eigenvalue weighted by molar-refractivity contribution is 4.90. The highest BCUT2D eigenvalue weighted by Gasteiger charge is 2.47. The van der Waals surface area contributed by atoms with Crippen LogP contribution in [0.1, 0.15) is 0 Å². The van der Waals surface area contributed by atoms with Gasteiger partial charge in [-0.25, -0.2) is 4.89 Å². The second-order valence-electron chi connectivity index (χ2n) is 3.44. The standard InChI is InChI=1S/C7H13NO6/c1-8-7-6(11)5(10)4(9)3(13-7)2-12-14-8/h3-7,9-11H,2H2,1H3/t3?,4-,5?,6+,7-/m1/s1. The van der Waals surface area contributed by atoms with E-state index in [1.165, 1.54) is 7.05 Å². The van der Waals surface area contributed by atoms with Crippen molar-refractivity contribution in [1.29, 1.82) is 0 Å². The summed E-state index contributed by atoms with van der Waals surface area (Å²) >= 11 is 0. The van der Waals surface area contributed by atoms with Crippen molar-refractivity contribution in [2.24, 2.45) is 0 Å². The maximum Gasteiger partial charge on any atom is 0.164 e. The number of hydrogen-bond acceptors (Lipinski definition) is 7. The van der Waals surface area contributed by atoms with E-state index in [9.17, 15) is 15.3 Å². The lowest BCUT2D eigenvalue weighted by Gasteiger charge is -2.39. The van der Waals surface area contributed by atoms with Crippen molar-refractivity contribution in [2.45, 2.75) is 30.6 Å². The summed E-state index contributed by atoms with van der Waals surface area (Å²) in [5, 5.41) is 29.7. The highest BCUT2D eigenvalue weighted by atomic mass is 17.3. The van der Waals surface area contributed by atoms with Gasteiger partial charge in [0, 0.05) is 7.05 Å². The normalized spacial score (nSPS) is 50.1. The molecule has 2 bridgehead atoms. The molecule has 14 heavy (non-hydrogen) atoms. The van der Waals surface area contributed by atoms with Crippen molar-refractivity contribution in [2.75, 3.05) is 13.7 Å². The minimum Gasteiger partial charge on any atom is -0.387 e. The molecular weight excluding hydrogens is 194 g/mol. The molecule has 0 saturated carbocycles. The van der Waals surface area contributed by atoms with Gasteiger partial charge in [0.15, 0.2) is 6.23 Å². The zero-order chi connectivity index (χ0) is 10.3. The summed E-state index contributed by atoms with van der Waals surface area (Å²) in [5.41, 5.74) is 0. The molecule has 0 spiro atoms. The number of aliphatic hydroxyl groups is 3. The first-order valence-corrected chi connectivity index (χ1v) is 4.33. The summed E-state index contributed by atoms with van der Waals surface area (Å²) in [7, 11) is 1.50. The van der Waals surface area contributed by atoms with Gasteiger partial charge >= 0.3 is 0 Å². The third kappa shape index (κ3) is 1.52. The lowest BCUT2D eigenvalue weighted by atomic mass is 9.98. The van der Waals surface area contributed by atoms with Gasteiger partial charge in [-0.05, 0) is 0 Å². The average Bonchev–Trinajstić information content (AvgIpc) is 2.34. The highest BCUT2D eigenvalue weighted by Crippen LogP contribution is 2.25. The Balaban J connectivity index is 2.19. The predicted octanol–water partition coefficient (Wildman–Crippen LogP) is -2.40. The van der Waals surface area contributed by atoms with Crippen LogP contribution in [0.3, 0.4) is 0 Å². The van der Waals surface area contributed by atoms with Crippen LogP contribution >= 0.6 is 0 Å². The first kappa shape index (κ1) is 10.2. The van der Waals surface area contributed by atoms with Crippen molar-refractivity contribution < 1.29 is 29.9 Å². The molecule has 0 amide bonds. The molecule has 2 unspecified atom stereocenters. The number of likely N-dealkylation sites (N-methyl/N-ethyl adjacent to an activating group) is 1. The Bertz CT molecular complexity index is 214. The third-order valence-electron chi connectivity index (χ3n) is 2.45. The van der Waals surface area contributed by atoms with Gasteiger partial charge in [-0.15, -0.1) is 10.1 Å². The summed E-state index contributed by atoms with van der Waals surface area (Å²) in [4.78, 5) is 9.42. The van der Waals surface area contributed by atoms with Gasteiger partial charge in [-0.3, -0.25) is 0 Å². The number of hydrogen-bond donors (Lipinski definition) is 3. The van der Waals surface area contributed by atoms with Crippen LogP contribution in [0.4, 0.5) is 0 Å². The monoisotopic (exact) mass is 207 g/mol. The molecule has 5 atom stereocenters. The van der Waals surface area contributed by atoms with Gasteiger partial charge in [-0.1, -0.05) is 0 Å². The minimum absolute atomic E-state index is 0.00574. The molecule has 0 aliphatic carbocycles. The van der Waals surface area contributed by atoms with Crippen LogP contribution in [0.25, 0.3) is 0 Å². The third-order valence-corrected chi connectivity index (χ3v) is 2.45. The van der Waals surface area contributed by atoms with Crippen LogP contribution in [-0.2, 0) is 14.6 Å². The second kappa shape index (κ2) is 3.70. The maximum atomic E-state index is 9.54. The van der Waals surface area contributed by atoms with Gasteiger partial charge in [0.1, 0.15) is 31.0 Å². The molecule has 7 heteroatoms. The molecule has 2 heterocycles. The Labute approximate surface area is 80.3 Å². The van der Waals surface area contributed by atoms with Gasteiger partial charge in [0.2, 0.25) is 0 Å². The lowest BCUT2D eigenvalue weighted by molar-refractivity contribution is -0.433. The van der Waals surface area contributed by atoms with Crippen molar-refractivity contribution in [3.63, 3.8) is 0 Å². The van der Waals surface area contributed by atoms with E-state index in [-0.39, 0.29) is 6.61 Å². The van der Waals surface area contributed by atoms with E-state index in [1.807, 2.05) is 0 Å². The Morgan fingerprint density at radius 2 is 1.86 bits per heavy atom. The zero-order valence-electron chi connectivity index (χ0n) is 7.61. The molecule has 2 aliphatic rings. The lowest BCUT2D eigenvalue weighted by Crippen LogP contribution is -2.60. The average molecular weight is 207 g/mol. The van der Waals surface area contributed by atoms with Gasteiger partial charge in [0.05, 0.1) is 0 Å². The van der Waals surface area contributed by atoms with E-state index < -0.39 is 30.6 Å². The summed E-state index contributed by atoms with van der Waals surface area (Å²) in [5.74, 6) is 0. The molecule has 0 aromatic carbocycles. The molecule has 82 valence electrons. The molecule has 0 aromatic heterocycles. The van der Waals surface area contributed by atoms with Crippen LogP contribution in [0.2, 0.25) is 0 Å². The Kier molecular flexibility index (Phi) is 2.71. The van der Waals surface area contributed by atoms with Crippen molar-refractivity contribution in [3.05, 3.63) is 0 Å². The van der Waals surface area contributed by atoms with E-state index in [2.05, 4.69) is 0 Å². The van der Waals surface area contributed by atoms with Crippen molar-refractivity contribution >= 4 is 0 Å². The van der Waals surface area contributed by atoms with E-state index in [0.717, 1.165) is 5.06 Å². The van der Waals surface area contributed by atoms with Gasteiger partial charge in [-0.2, -0.15) is 0 Å². The summed E-state index contributed by atoms with van der Waals surface area (Å²) < 4.78 is 5.27. The van der Waals surface area contributed by atoms with Crippen molar-refractivity contribution in [3.8, 4) is 0 Å². The fourth-order valence-corrected chi connectivity index (χ4v) is 1.59. The van der Waals surface area contributed by atoms with Crippen LogP contribution in [-0.4, -0.2) is 64.7 Å². The fraction of sp³-hybridized carbons (Fsp3) is 1.00. The number of fused-ring (bicyclic) bond motifs is 2. The first-order chi connectivity index (χ1) is 6.61. The van der Waals surface area contributed by atoms with E-state index in [4.69, 9.17) is 14.6 Å². The largest absolute Gasteiger partial charge is 0.387 e. The number of nitrogens with zero attached hydrogens (tertiary/aromatic N) is 1. The molecule has 7 nitrogen and oxygen atoms in total. The van der Waals surface area contributed by atoms with E-state index in [0.29, 0.717) is 0 Å². The van der Waals surface area contributed by atoms with Gasteiger partial charge < -0.3 is 20.1 Å². The first-order valence-electron chi connectivity index (χ1n) is 4.33. The van der Waals surface area contributed by atoms with E-state index >= 15 is 0 Å². The van der Waals surface area contributed by atoms with Crippen LogP contribution in [0.5, 0.6) is 0 Å². The molecule has 2 fully saturated rings. The number of hydroxylamine groups is 2. The molecule has 2 rings (SSSR count). The Morgan fingerprint density at radius 3 is 2.57 bits per heavy atom. The maximum absolute atomic E-state index is 9.54. The molecule has 3 N–H and O–H groups in total. The fourth-order valence-electron chi connectivity index (χ4n) is 1.59. The molecule has 2 saturated heterocycles. The summed E-state index contributed by atoms with van der Waals surface area (Å²) in [6.45, 7) is 0.00574. The van der Waals surface area contributed by atoms with E-state index in [1.54, 1.807) is 0 Å². The minimum atomic E-state index is -1.26. The van der Waals surface area contributed by atoms with Crippen LogP contribution < -0.4 is 0 Å². The quantitative estimate of drug-likeness (QED) is 0.381. The summed E-state index contributed by atoms with van der Waals surface area (Å²) in [6, 6.07) is 0. The molecule has 0 aromatic rings. The van der Waals surface area contributed by atoms with Crippen molar-refractivity contribution in [1.82, 2.24) is 5.06 Å². The topological polar surface area (TPSA) is 91.6 Å². The Morgan fingerprint density at radius 1 is 1.14 bits per heavy atom. The zero-order valence-corrected chi connectivity index (χ0v) is 7.61. The SMILES string of the molecule is CN1OOCC2O[C@@H]1[C@@H](O)C(O)[C@@H]2O. The van der Waals surface area contributed by atoms with Crippen LogP contribution in [0, 0.1) is 0 Å². The number of ether oxygens (including phenoxy) is 1. The van der Waals surface area contributed by atoms with Gasteiger partial charge in [0.25, 0.3) is 0 Å². The summed E-state index contributed by atoms with van der Waals surface area (Å²) in [6.07, 6.45) is -5.18.